The van der Waals surface area contributed by atoms with E-state index in [1.807, 2.05) is 0 Å². The molecule has 0 aliphatic carbocycles. The summed E-state index contributed by atoms with van der Waals surface area (Å²) in [5, 5.41) is 0. The van der Waals surface area contributed by atoms with Gasteiger partial charge in [-0.25, -0.2) is 0 Å². The first kappa shape index (κ1) is 17.3. The van der Waals surface area contributed by atoms with Gasteiger partial charge in [-0.05, 0) is 63.8 Å². The van der Waals surface area contributed by atoms with Gasteiger partial charge in [0.2, 0.25) is 9.12 Å². The van der Waals surface area contributed by atoms with Gasteiger partial charge in [0.1, 0.15) is 0 Å². The summed E-state index contributed by atoms with van der Waals surface area (Å²) in [6.45, 7) is 17.9. The van der Waals surface area contributed by atoms with Crippen LogP contribution < -0.4 is 0 Å². The minimum absolute atomic E-state index is 0.671. The van der Waals surface area contributed by atoms with Crippen molar-refractivity contribution in [1.82, 2.24) is 14.1 Å². The number of hydrogen-bond donors (Lipinski definition) is 0. The van der Waals surface area contributed by atoms with E-state index in [-0.39, 0.29) is 0 Å². The molecule has 0 aliphatic rings. The van der Waals surface area contributed by atoms with Crippen molar-refractivity contribution >= 4 is 9.12 Å². The van der Waals surface area contributed by atoms with Crippen LogP contribution in [-0.4, -0.2) is 49.4 Å². The van der Waals surface area contributed by atoms with Crippen LogP contribution in [0.25, 0.3) is 0 Å². The summed E-state index contributed by atoms with van der Waals surface area (Å²) in [5.41, 5.74) is 3.73. The third-order valence-electron chi connectivity index (χ3n) is 3.76. The Hall–Kier alpha value is -0.713. The molecule has 0 saturated heterocycles. The van der Waals surface area contributed by atoms with Crippen molar-refractivity contribution in [2.45, 2.75) is 47.6 Å². The lowest BCUT2D eigenvalue weighted by molar-refractivity contribution is 0.376. The van der Waals surface area contributed by atoms with Gasteiger partial charge in [-0.3, -0.25) is 4.98 Å². The molecule has 0 spiro atoms. The van der Waals surface area contributed by atoms with Crippen LogP contribution >= 0.6 is 0 Å². The van der Waals surface area contributed by atoms with Crippen LogP contribution in [0.3, 0.4) is 0 Å². The lowest BCUT2D eigenvalue weighted by atomic mass is 10.2. The average Bonchev–Trinajstić information content (AvgIpc) is 2.40. The van der Waals surface area contributed by atoms with Crippen molar-refractivity contribution in [2.24, 2.45) is 0 Å². The van der Waals surface area contributed by atoms with Crippen LogP contribution in [0.4, 0.5) is 0 Å². The third-order valence-corrected chi connectivity index (χ3v) is 7.21. The number of nitrogens with zero attached hydrogens (tertiary/aromatic N) is 3. The Morgan fingerprint density at radius 1 is 0.850 bits per heavy atom. The first-order chi connectivity index (χ1) is 9.55. The molecule has 0 fully saturated rings. The molecule has 1 aromatic rings. The summed E-state index contributed by atoms with van der Waals surface area (Å²) in [6, 6.07) is 5.69. The van der Waals surface area contributed by atoms with Crippen LogP contribution in [0.1, 0.15) is 44.6 Å². The van der Waals surface area contributed by atoms with E-state index in [2.05, 4.69) is 67.8 Å². The van der Waals surface area contributed by atoms with Crippen molar-refractivity contribution in [3.63, 3.8) is 0 Å². The zero-order valence-electron chi connectivity index (χ0n) is 14.0. The van der Waals surface area contributed by atoms with E-state index < -0.39 is 9.12 Å². The molecule has 0 aliphatic heterocycles. The summed E-state index contributed by atoms with van der Waals surface area (Å²) < 4.78 is 5.31. The maximum absolute atomic E-state index is 4.50. The normalized spacial score (nSPS) is 11.8. The summed E-state index contributed by atoms with van der Waals surface area (Å²) in [4.78, 5) is 4.50. The number of hydrogen-bond acceptors (Lipinski definition) is 3. The van der Waals surface area contributed by atoms with E-state index in [0.29, 0.717) is 0 Å². The predicted octanol–water partition coefficient (Wildman–Crippen LogP) is 2.95. The highest BCUT2D eigenvalue weighted by Gasteiger charge is 2.25. The topological polar surface area (TPSA) is 19.4 Å². The van der Waals surface area contributed by atoms with Crippen LogP contribution in [0, 0.1) is 13.8 Å². The van der Waals surface area contributed by atoms with Gasteiger partial charge in [-0.2, -0.15) is 0 Å². The first-order valence-corrected chi connectivity index (χ1v) is 9.45. The molecule has 0 atom stereocenters. The standard InChI is InChI=1S/C16H30N3Si/c1-7-18(8-2)20(19(9-3)10-4)13-16-11-14(5)17-15(6)12-16/h11-12H,7-10,13H2,1-6H3. The van der Waals surface area contributed by atoms with E-state index in [9.17, 15) is 0 Å². The molecule has 20 heavy (non-hydrogen) atoms. The largest absolute Gasteiger partial charge is 0.312 e. The van der Waals surface area contributed by atoms with Crippen molar-refractivity contribution in [1.29, 1.82) is 0 Å². The van der Waals surface area contributed by atoms with Crippen molar-refractivity contribution in [2.75, 3.05) is 26.2 Å². The summed E-state index contributed by atoms with van der Waals surface area (Å²) >= 11 is 0. The Labute approximate surface area is 126 Å². The second-order valence-corrected chi connectivity index (χ2v) is 7.65. The fourth-order valence-corrected chi connectivity index (χ4v) is 5.68. The fourth-order valence-electron chi connectivity index (χ4n) is 2.81. The molecular weight excluding hydrogens is 262 g/mol. The highest BCUT2D eigenvalue weighted by Crippen LogP contribution is 2.12. The SMILES string of the molecule is CCN(CC)[Si](Cc1cc(C)nc(C)c1)N(CC)CC. The highest BCUT2D eigenvalue weighted by atomic mass is 28.3. The van der Waals surface area contributed by atoms with E-state index >= 15 is 0 Å². The number of pyridine rings is 1. The molecule has 113 valence electrons. The Morgan fingerprint density at radius 3 is 1.60 bits per heavy atom. The van der Waals surface area contributed by atoms with Gasteiger partial charge in [0, 0.05) is 11.4 Å². The van der Waals surface area contributed by atoms with Crippen molar-refractivity contribution in [3.8, 4) is 0 Å². The zero-order valence-corrected chi connectivity index (χ0v) is 15.0. The molecule has 0 unspecified atom stereocenters. The van der Waals surface area contributed by atoms with Gasteiger partial charge in [0.05, 0.1) is 0 Å². The minimum atomic E-state index is -0.671. The molecule has 1 aromatic heterocycles. The summed E-state index contributed by atoms with van der Waals surface area (Å²) in [6.07, 6.45) is 0. The average molecular weight is 293 g/mol. The molecule has 0 aromatic carbocycles. The Morgan fingerprint density at radius 2 is 1.25 bits per heavy atom. The molecule has 0 saturated carbocycles. The minimum Gasteiger partial charge on any atom is -0.312 e. The smallest absolute Gasteiger partial charge is 0.234 e. The van der Waals surface area contributed by atoms with Gasteiger partial charge in [0.15, 0.2) is 0 Å². The molecule has 3 nitrogen and oxygen atoms in total. The van der Waals surface area contributed by atoms with Gasteiger partial charge in [0.25, 0.3) is 0 Å². The van der Waals surface area contributed by atoms with Crippen LogP contribution in [0.15, 0.2) is 12.1 Å². The molecule has 1 rings (SSSR count). The van der Waals surface area contributed by atoms with Gasteiger partial charge >= 0.3 is 0 Å². The lowest BCUT2D eigenvalue weighted by Crippen LogP contribution is -2.54. The summed E-state index contributed by atoms with van der Waals surface area (Å²) in [5.74, 6) is 0. The van der Waals surface area contributed by atoms with Crippen molar-refractivity contribution < 1.29 is 0 Å². The fraction of sp³-hybridized carbons (Fsp3) is 0.688. The molecule has 4 heteroatoms. The van der Waals surface area contributed by atoms with E-state index in [1.165, 1.54) is 11.6 Å². The van der Waals surface area contributed by atoms with Gasteiger partial charge < -0.3 is 9.13 Å². The van der Waals surface area contributed by atoms with E-state index in [0.717, 1.165) is 37.6 Å². The second-order valence-electron chi connectivity index (χ2n) is 5.20. The lowest BCUT2D eigenvalue weighted by Gasteiger charge is -2.35. The second kappa shape index (κ2) is 8.55. The Kier molecular flexibility index (Phi) is 7.41. The molecule has 0 bridgehead atoms. The third kappa shape index (κ3) is 4.68. The molecule has 1 heterocycles. The van der Waals surface area contributed by atoms with E-state index in [1.54, 1.807) is 0 Å². The van der Waals surface area contributed by atoms with Crippen LogP contribution in [0.2, 0.25) is 0 Å². The molecule has 0 N–H and O–H groups in total. The Bertz CT molecular complexity index is 368. The molecular formula is C16H30N3Si. The quantitative estimate of drug-likeness (QED) is 0.687. The van der Waals surface area contributed by atoms with Crippen molar-refractivity contribution in [3.05, 3.63) is 29.1 Å². The Balaban J connectivity index is 2.98. The van der Waals surface area contributed by atoms with Gasteiger partial charge in [-0.15, -0.1) is 0 Å². The van der Waals surface area contributed by atoms with Gasteiger partial charge in [-0.1, -0.05) is 27.7 Å². The molecule has 1 radical (unpaired) electrons. The first-order valence-electron chi connectivity index (χ1n) is 7.85. The maximum Gasteiger partial charge on any atom is 0.234 e. The van der Waals surface area contributed by atoms with Crippen LogP contribution in [0.5, 0.6) is 0 Å². The predicted molar refractivity (Wildman–Crippen MR) is 89.0 cm³/mol. The maximum atomic E-state index is 4.50. The number of rotatable bonds is 8. The number of aromatic nitrogens is 1. The monoisotopic (exact) mass is 292 g/mol. The van der Waals surface area contributed by atoms with Crippen LogP contribution in [-0.2, 0) is 6.04 Å². The molecule has 0 amide bonds. The summed E-state index contributed by atoms with van der Waals surface area (Å²) in [7, 11) is -0.671. The number of aryl methyl sites for hydroxylation is 2. The highest BCUT2D eigenvalue weighted by molar-refractivity contribution is 6.52. The zero-order chi connectivity index (χ0) is 15.1. The van der Waals surface area contributed by atoms with E-state index in [4.69, 9.17) is 0 Å².